The molecule has 1 aromatic rings. The normalized spacial score (nSPS) is 11.7. The van der Waals surface area contributed by atoms with E-state index in [4.69, 9.17) is 0 Å². The zero-order valence-corrected chi connectivity index (χ0v) is 13.0. The molecule has 0 amide bonds. The number of ether oxygens (including phenoxy) is 1. The van der Waals surface area contributed by atoms with Crippen molar-refractivity contribution < 1.29 is 87.0 Å². The molecule has 0 saturated heterocycles. The molecule has 100 valence electrons. The Labute approximate surface area is 147 Å². The van der Waals surface area contributed by atoms with Crippen LogP contribution in [0.25, 0.3) is 0 Å². The third-order valence-electron chi connectivity index (χ3n) is 2.08. The molecule has 0 saturated carbocycles. The molecule has 0 bridgehead atoms. The second-order valence-corrected chi connectivity index (χ2v) is 3.41. The maximum absolute atomic E-state index is 12.4. The van der Waals surface area contributed by atoms with E-state index in [9.17, 15) is 30.9 Å². The van der Waals surface area contributed by atoms with Crippen LogP contribution in [0.1, 0.15) is 15.9 Å². The third-order valence-corrected chi connectivity index (χ3v) is 2.08. The maximum Gasteiger partial charge on any atom is 1.00 e. The van der Waals surface area contributed by atoms with Crippen LogP contribution in [-0.4, -0.2) is 20.1 Å². The second kappa shape index (κ2) is 6.62. The Hall–Kier alpha value is -0.0287. The first-order valence-corrected chi connectivity index (χ1v) is 4.56. The van der Waals surface area contributed by atoms with E-state index < -0.39 is 35.7 Å². The van der Waals surface area contributed by atoms with Crippen LogP contribution >= 0.6 is 0 Å². The standard InChI is InChI=1S/C9H6BF6O2.K/c1-18-8(17)5-2-6(9(11,12)13)4-7(3-5)10(14,15)16;/h2-4H,1H3;/q-1;+1. The van der Waals surface area contributed by atoms with E-state index in [-0.39, 0.29) is 57.5 Å². The van der Waals surface area contributed by atoms with Crippen LogP contribution in [0.15, 0.2) is 18.2 Å². The minimum absolute atomic E-state index is 0. The summed E-state index contributed by atoms with van der Waals surface area (Å²) in [7, 11) is 0.862. The Morgan fingerprint density at radius 1 is 1.16 bits per heavy atom. The minimum atomic E-state index is -5.64. The number of rotatable bonds is 2. The number of hydrogen-bond acceptors (Lipinski definition) is 2. The summed E-state index contributed by atoms with van der Waals surface area (Å²) in [5, 5.41) is 0. The first-order valence-electron chi connectivity index (χ1n) is 4.56. The van der Waals surface area contributed by atoms with Crippen molar-refractivity contribution in [3.8, 4) is 0 Å². The molecule has 0 N–H and O–H groups in total. The molecule has 0 unspecified atom stereocenters. The molecule has 0 aliphatic rings. The number of carbonyl (C=O) groups is 1. The number of alkyl halides is 3. The molecule has 1 aromatic carbocycles. The van der Waals surface area contributed by atoms with Gasteiger partial charge in [-0.2, -0.15) is 13.2 Å². The molecule has 0 spiro atoms. The molecular formula is C9H6BF6KO2. The topological polar surface area (TPSA) is 26.3 Å². The number of benzene rings is 1. The van der Waals surface area contributed by atoms with Gasteiger partial charge in [-0.1, -0.05) is 12.1 Å². The molecule has 0 aliphatic carbocycles. The van der Waals surface area contributed by atoms with Crippen LogP contribution < -0.4 is 56.8 Å². The van der Waals surface area contributed by atoms with Crippen LogP contribution in [0.5, 0.6) is 0 Å². The number of methoxy groups -OCH3 is 1. The molecule has 0 heterocycles. The fraction of sp³-hybridized carbons (Fsp3) is 0.222. The number of carbonyl (C=O) groups excluding carboxylic acids is 1. The largest absolute Gasteiger partial charge is 1.00 e. The van der Waals surface area contributed by atoms with Gasteiger partial charge in [0.2, 0.25) is 0 Å². The SMILES string of the molecule is COC(=O)c1cc([B-](F)(F)F)cc(C(F)(F)F)c1.[K+]. The van der Waals surface area contributed by atoms with Crippen molar-refractivity contribution >= 4 is 18.4 Å². The Morgan fingerprint density at radius 2 is 1.68 bits per heavy atom. The molecule has 0 atom stereocenters. The van der Waals surface area contributed by atoms with Gasteiger partial charge in [-0.05, 0) is 6.07 Å². The number of halogens is 6. The molecule has 2 nitrogen and oxygen atoms in total. The van der Waals surface area contributed by atoms with Crippen LogP contribution in [0.2, 0.25) is 0 Å². The van der Waals surface area contributed by atoms with E-state index in [0.717, 1.165) is 7.11 Å². The Bertz CT molecular complexity index is 439. The summed E-state index contributed by atoms with van der Waals surface area (Å²) < 4.78 is 78.6. The van der Waals surface area contributed by atoms with Crippen LogP contribution in [0.4, 0.5) is 26.1 Å². The quantitative estimate of drug-likeness (QED) is 0.420. The van der Waals surface area contributed by atoms with E-state index >= 15 is 0 Å². The van der Waals surface area contributed by atoms with Crippen molar-refractivity contribution in [1.82, 2.24) is 0 Å². The molecular weight excluding hydrogens is 304 g/mol. The van der Waals surface area contributed by atoms with E-state index in [1.807, 2.05) is 0 Å². The van der Waals surface area contributed by atoms with Gasteiger partial charge in [0.15, 0.2) is 0 Å². The van der Waals surface area contributed by atoms with Crippen molar-refractivity contribution in [3.05, 3.63) is 29.3 Å². The van der Waals surface area contributed by atoms with E-state index in [2.05, 4.69) is 4.74 Å². The van der Waals surface area contributed by atoms with Gasteiger partial charge >= 0.3 is 70.5 Å². The zero-order chi connectivity index (χ0) is 14.1. The second-order valence-electron chi connectivity index (χ2n) is 3.41. The van der Waals surface area contributed by atoms with Crippen molar-refractivity contribution in [3.63, 3.8) is 0 Å². The zero-order valence-electron chi connectivity index (χ0n) is 9.89. The van der Waals surface area contributed by atoms with Gasteiger partial charge in [0.05, 0.1) is 18.2 Å². The maximum atomic E-state index is 12.4. The summed E-state index contributed by atoms with van der Waals surface area (Å²) in [5.41, 5.74) is -3.83. The van der Waals surface area contributed by atoms with E-state index in [0.29, 0.717) is 12.1 Å². The van der Waals surface area contributed by atoms with Gasteiger partial charge in [-0.25, -0.2) is 4.79 Å². The smallest absolute Gasteiger partial charge is 0.465 e. The predicted molar refractivity (Wildman–Crippen MR) is 51.5 cm³/mol. The molecule has 0 radical (unpaired) electrons. The van der Waals surface area contributed by atoms with Crippen molar-refractivity contribution in [2.45, 2.75) is 6.18 Å². The summed E-state index contributed by atoms with van der Waals surface area (Å²) in [6, 6.07) is 0.616. The first kappa shape index (κ1) is 19.0. The molecule has 19 heavy (non-hydrogen) atoms. The summed E-state index contributed by atoms with van der Waals surface area (Å²) in [4.78, 5) is 11.0. The van der Waals surface area contributed by atoms with Gasteiger partial charge in [0, 0.05) is 0 Å². The van der Waals surface area contributed by atoms with Gasteiger partial charge in [0.25, 0.3) is 0 Å². The van der Waals surface area contributed by atoms with Crippen molar-refractivity contribution in [2.24, 2.45) is 0 Å². The average Bonchev–Trinajstić information content (AvgIpc) is 2.25. The Kier molecular flexibility index (Phi) is 6.61. The molecule has 0 aromatic heterocycles. The summed E-state index contributed by atoms with van der Waals surface area (Å²) >= 11 is 0. The van der Waals surface area contributed by atoms with Gasteiger partial charge in [-0.3, -0.25) is 0 Å². The first-order chi connectivity index (χ1) is 8.05. The molecule has 10 heteroatoms. The number of hydrogen-bond donors (Lipinski definition) is 0. The van der Waals surface area contributed by atoms with Crippen LogP contribution in [0.3, 0.4) is 0 Å². The monoisotopic (exact) mass is 310 g/mol. The molecule has 0 aliphatic heterocycles. The van der Waals surface area contributed by atoms with E-state index in [1.165, 1.54) is 0 Å². The molecule has 0 fully saturated rings. The van der Waals surface area contributed by atoms with Crippen molar-refractivity contribution in [2.75, 3.05) is 7.11 Å². The summed E-state index contributed by atoms with van der Waals surface area (Å²) in [6.07, 6.45) is -4.97. The van der Waals surface area contributed by atoms with Gasteiger partial charge in [0.1, 0.15) is 0 Å². The van der Waals surface area contributed by atoms with Crippen molar-refractivity contribution in [1.29, 1.82) is 0 Å². The Morgan fingerprint density at radius 3 is 2.05 bits per heavy atom. The average molecular weight is 310 g/mol. The number of esters is 1. The predicted octanol–water partition coefficient (Wildman–Crippen LogP) is -0.450. The third kappa shape index (κ3) is 5.10. The fourth-order valence-electron chi connectivity index (χ4n) is 1.24. The summed E-state index contributed by atoms with van der Waals surface area (Å²) in [5.74, 6) is -1.26. The van der Waals surface area contributed by atoms with E-state index in [1.54, 1.807) is 0 Å². The van der Waals surface area contributed by atoms with Gasteiger partial charge < -0.3 is 17.7 Å². The summed E-state index contributed by atoms with van der Waals surface area (Å²) in [6.45, 7) is -5.64. The van der Waals surface area contributed by atoms with Crippen LogP contribution in [-0.2, 0) is 10.9 Å². The minimum Gasteiger partial charge on any atom is -0.465 e. The fourth-order valence-corrected chi connectivity index (χ4v) is 1.24. The Balaban J connectivity index is 0.00000324. The van der Waals surface area contributed by atoms with Gasteiger partial charge in [-0.15, -0.1) is 5.46 Å². The van der Waals surface area contributed by atoms with Crippen LogP contribution in [0, 0.1) is 0 Å². The molecule has 1 rings (SSSR count).